The number of carbonyl (C=O) groups is 1. The predicted octanol–water partition coefficient (Wildman–Crippen LogP) is 3.05. The standard InChI is InChI=1S/C21H29N3O3S/c22-14-17-7-6-10-20(13-17)28(26,27)24-12-11-18(16-24)15-23-21(25)19-8-4-2-1-3-5-9-19/h6-7,10,13,18-19H,1-5,8-9,11-12,15-16H2,(H,23,25). The maximum atomic E-state index is 12.8. The highest BCUT2D eigenvalue weighted by atomic mass is 32.2. The van der Waals surface area contributed by atoms with E-state index in [1.165, 1.54) is 35.7 Å². The first-order valence-corrected chi connectivity index (χ1v) is 11.7. The van der Waals surface area contributed by atoms with Gasteiger partial charge in [-0.25, -0.2) is 8.42 Å². The summed E-state index contributed by atoms with van der Waals surface area (Å²) in [7, 11) is -3.60. The molecule has 1 aliphatic heterocycles. The highest BCUT2D eigenvalue weighted by Gasteiger charge is 2.33. The van der Waals surface area contributed by atoms with Crippen molar-refractivity contribution in [1.82, 2.24) is 9.62 Å². The van der Waals surface area contributed by atoms with E-state index in [0.29, 0.717) is 25.2 Å². The number of carbonyl (C=O) groups excluding carboxylic acids is 1. The number of nitrogens with one attached hydrogen (secondary N) is 1. The van der Waals surface area contributed by atoms with Gasteiger partial charge in [-0.2, -0.15) is 9.57 Å². The SMILES string of the molecule is N#Cc1cccc(S(=O)(=O)N2CCC(CNC(=O)C3CCCCCCC3)C2)c1. The van der Waals surface area contributed by atoms with E-state index in [9.17, 15) is 13.2 Å². The van der Waals surface area contributed by atoms with Crippen LogP contribution in [-0.4, -0.2) is 38.3 Å². The molecular weight excluding hydrogens is 374 g/mol. The van der Waals surface area contributed by atoms with Gasteiger partial charge in [0.2, 0.25) is 15.9 Å². The minimum absolute atomic E-state index is 0.107. The Morgan fingerprint density at radius 3 is 2.57 bits per heavy atom. The number of sulfonamides is 1. The molecule has 0 spiro atoms. The van der Waals surface area contributed by atoms with Gasteiger partial charge < -0.3 is 5.32 Å². The molecule has 0 bridgehead atoms. The normalized spacial score (nSPS) is 22.2. The molecule has 1 aliphatic carbocycles. The molecule has 1 N–H and O–H groups in total. The summed E-state index contributed by atoms with van der Waals surface area (Å²) in [5.41, 5.74) is 0.336. The van der Waals surface area contributed by atoms with Crippen LogP contribution in [0.2, 0.25) is 0 Å². The monoisotopic (exact) mass is 403 g/mol. The number of rotatable bonds is 5. The fourth-order valence-corrected chi connectivity index (χ4v) is 5.74. The van der Waals surface area contributed by atoms with Crippen LogP contribution in [-0.2, 0) is 14.8 Å². The van der Waals surface area contributed by atoms with Crippen molar-refractivity contribution >= 4 is 15.9 Å². The summed E-state index contributed by atoms with van der Waals surface area (Å²) in [4.78, 5) is 12.7. The Bertz CT molecular complexity index is 824. The summed E-state index contributed by atoms with van der Waals surface area (Å²) in [5, 5.41) is 12.1. The van der Waals surface area contributed by atoms with Gasteiger partial charge in [0.15, 0.2) is 0 Å². The second-order valence-corrected chi connectivity index (χ2v) is 9.88. The maximum Gasteiger partial charge on any atom is 0.243 e. The van der Waals surface area contributed by atoms with Crippen molar-refractivity contribution in [3.63, 3.8) is 0 Å². The molecule has 1 saturated carbocycles. The quantitative estimate of drug-likeness (QED) is 0.818. The molecular formula is C21H29N3O3S. The number of nitriles is 1. The largest absolute Gasteiger partial charge is 0.356 e. The third-order valence-corrected chi connectivity index (χ3v) is 7.75. The lowest BCUT2D eigenvalue weighted by Crippen LogP contribution is -2.36. The van der Waals surface area contributed by atoms with Crippen LogP contribution in [0, 0.1) is 23.2 Å². The highest BCUT2D eigenvalue weighted by molar-refractivity contribution is 7.89. The van der Waals surface area contributed by atoms with Gasteiger partial charge in [0.25, 0.3) is 0 Å². The first kappa shape index (κ1) is 20.8. The molecule has 1 heterocycles. The van der Waals surface area contributed by atoms with Gasteiger partial charge in [-0.3, -0.25) is 4.79 Å². The molecule has 1 unspecified atom stereocenters. The number of hydrogen-bond donors (Lipinski definition) is 1. The van der Waals surface area contributed by atoms with E-state index in [1.807, 2.05) is 6.07 Å². The van der Waals surface area contributed by atoms with Gasteiger partial charge in [0, 0.05) is 25.6 Å². The fourth-order valence-electron chi connectivity index (χ4n) is 4.16. The van der Waals surface area contributed by atoms with E-state index in [0.717, 1.165) is 32.1 Å². The third kappa shape index (κ3) is 5.12. The van der Waals surface area contributed by atoms with E-state index in [2.05, 4.69) is 5.32 Å². The van der Waals surface area contributed by atoms with Gasteiger partial charge in [-0.1, -0.05) is 38.2 Å². The van der Waals surface area contributed by atoms with Crippen LogP contribution in [0.3, 0.4) is 0 Å². The Morgan fingerprint density at radius 1 is 1.14 bits per heavy atom. The van der Waals surface area contributed by atoms with E-state index < -0.39 is 10.0 Å². The third-order valence-electron chi connectivity index (χ3n) is 5.89. The zero-order valence-corrected chi connectivity index (χ0v) is 17.1. The first-order chi connectivity index (χ1) is 13.5. The lowest BCUT2D eigenvalue weighted by atomic mass is 9.90. The minimum Gasteiger partial charge on any atom is -0.356 e. The molecule has 1 amide bonds. The summed E-state index contributed by atoms with van der Waals surface area (Å²) in [6.45, 7) is 1.38. The number of benzene rings is 1. The van der Waals surface area contributed by atoms with Crippen molar-refractivity contribution in [2.45, 2.75) is 56.3 Å². The Kier molecular flexibility index (Phi) is 7.08. The van der Waals surface area contributed by atoms with Crippen LogP contribution in [0.25, 0.3) is 0 Å². The number of nitrogens with zero attached hydrogens (tertiary/aromatic N) is 2. The van der Waals surface area contributed by atoms with E-state index >= 15 is 0 Å². The zero-order valence-electron chi connectivity index (χ0n) is 16.3. The Balaban J connectivity index is 1.53. The highest BCUT2D eigenvalue weighted by Crippen LogP contribution is 2.25. The molecule has 0 radical (unpaired) electrons. The van der Waals surface area contributed by atoms with Crippen molar-refractivity contribution in [3.05, 3.63) is 29.8 Å². The van der Waals surface area contributed by atoms with Gasteiger partial charge >= 0.3 is 0 Å². The molecule has 0 aromatic heterocycles. The molecule has 1 atom stereocenters. The second-order valence-electron chi connectivity index (χ2n) is 7.94. The smallest absolute Gasteiger partial charge is 0.243 e. The van der Waals surface area contributed by atoms with Crippen LogP contribution < -0.4 is 5.32 Å². The maximum absolute atomic E-state index is 12.8. The lowest BCUT2D eigenvalue weighted by Gasteiger charge is -2.20. The van der Waals surface area contributed by atoms with Crippen molar-refractivity contribution < 1.29 is 13.2 Å². The van der Waals surface area contributed by atoms with E-state index in [1.54, 1.807) is 12.1 Å². The van der Waals surface area contributed by atoms with Crippen LogP contribution in [0.1, 0.15) is 56.9 Å². The van der Waals surface area contributed by atoms with Gasteiger partial charge in [-0.15, -0.1) is 0 Å². The lowest BCUT2D eigenvalue weighted by molar-refractivity contribution is -0.125. The molecule has 1 saturated heterocycles. The van der Waals surface area contributed by atoms with Crippen molar-refractivity contribution in [1.29, 1.82) is 5.26 Å². The van der Waals surface area contributed by atoms with Crippen molar-refractivity contribution in [2.24, 2.45) is 11.8 Å². The summed E-state index contributed by atoms with van der Waals surface area (Å²) in [6.07, 6.45) is 8.61. The van der Waals surface area contributed by atoms with Crippen molar-refractivity contribution in [2.75, 3.05) is 19.6 Å². The average Bonchev–Trinajstić information content (AvgIpc) is 3.16. The summed E-state index contributed by atoms with van der Waals surface area (Å²) in [5.74, 6) is 0.367. The topological polar surface area (TPSA) is 90.3 Å². The minimum atomic E-state index is -3.60. The van der Waals surface area contributed by atoms with Crippen molar-refractivity contribution in [3.8, 4) is 6.07 Å². The fraction of sp³-hybridized carbons (Fsp3) is 0.619. The zero-order chi connectivity index (χ0) is 20.0. The first-order valence-electron chi connectivity index (χ1n) is 10.3. The summed E-state index contributed by atoms with van der Waals surface area (Å²) >= 11 is 0. The molecule has 2 fully saturated rings. The Morgan fingerprint density at radius 2 is 1.86 bits per heavy atom. The van der Waals surface area contributed by atoms with E-state index in [4.69, 9.17) is 5.26 Å². The van der Waals surface area contributed by atoms with Crippen LogP contribution in [0.15, 0.2) is 29.2 Å². The molecule has 7 heteroatoms. The second kappa shape index (κ2) is 9.53. The molecule has 152 valence electrons. The van der Waals surface area contributed by atoms with Gasteiger partial charge in [-0.05, 0) is 43.4 Å². The van der Waals surface area contributed by atoms with Crippen LogP contribution >= 0.6 is 0 Å². The summed E-state index contributed by atoms with van der Waals surface area (Å²) in [6, 6.07) is 8.11. The summed E-state index contributed by atoms with van der Waals surface area (Å²) < 4.78 is 27.1. The number of hydrogen-bond acceptors (Lipinski definition) is 4. The molecule has 1 aromatic rings. The molecule has 2 aliphatic rings. The van der Waals surface area contributed by atoms with Crippen LogP contribution in [0.4, 0.5) is 0 Å². The van der Waals surface area contributed by atoms with Gasteiger partial charge in [0.1, 0.15) is 0 Å². The molecule has 1 aromatic carbocycles. The Labute approximate surface area is 168 Å². The number of amides is 1. The average molecular weight is 404 g/mol. The van der Waals surface area contributed by atoms with Gasteiger partial charge in [0.05, 0.1) is 16.5 Å². The Hall–Kier alpha value is -1.91. The predicted molar refractivity (Wildman–Crippen MR) is 107 cm³/mol. The molecule has 6 nitrogen and oxygen atoms in total. The molecule has 28 heavy (non-hydrogen) atoms. The molecule has 3 rings (SSSR count). The van der Waals surface area contributed by atoms with E-state index in [-0.39, 0.29) is 22.6 Å². The van der Waals surface area contributed by atoms with Crippen LogP contribution in [0.5, 0.6) is 0 Å².